The van der Waals surface area contributed by atoms with Gasteiger partial charge in [0.2, 0.25) is 5.91 Å². The molecule has 0 unspecified atom stereocenters. The van der Waals surface area contributed by atoms with Crippen molar-refractivity contribution < 1.29 is 27.4 Å². The second-order valence-corrected chi connectivity index (χ2v) is 8.11. The molecule has 0 bridgehead atoms. The maximum absolute atomic E-state index is 12.8. The number of alkyl halides is 3. The van der Waals surface area contributed by atoms with Crippen LogP contribution in [0.25, 0.3) is 6.08 Å². The van der Waals surface area contributed by atoms with Gasteiger partial charge in [0, 0.05) is 25.2 Å². The lowest BCUT2D eigenvalue weighted by Crippen LogP contribution is -2.54. The first kappa shape index (κ1) is 19.1. The second-order valence-electron chi connectivity index (χ2n) is 8.11. The van der Waals surface area contributed by atoms with Crippen LogP contribution in [-0.2, 0) is 4.79 Å². The van der Waals surface area contributed by atoms with Gasteiger partial charge in [0.25, 0.3) is 0 Å². The molecule has 8 heteroatoms. The van der Waals surface area contributed by atoms with Crippen LogP contribution in [0.5, 0.6) is 11.5 Å². The number of hydrogen-bond donors (Lipinski definition) is 0. The number of carbonyl (C=O) groups excluding carboxylic acids is 1. The van der Waals surface area contributed by atoms with Crippen LogP contribution in [0.4, 0.5) is 13.2 Å². The Morgan fingerprint density at radius 1 is 1.25 bits per heavy atom. The molecule has 0 N–H and O–H groups in total. The van der Waals surface area contributed by atoms with Crippen LogP contribution in [0, 0.1) is 5.92 Å². The van der Waals surface area contributed by atoms with Crippen molar-refractivity contribution in [2.75, 3.05) is 26.2 Å². The Kier molecular flexibility index (Phi) is 4.56. The first-order valence-electron chi connectivity index (χ1n) is 9.44. The molecule has 1 saturated heterocycles. The summed E-state index contributed by atoms with van der Waals surface area (Å²) < 4.78 is 47.6. The van der Waals surface area contributed by atoms with Gasteiger partial charge in [-0.05, 0) is 56.9 Å². The lowest BCUT2D eigenvalue weighted by molar-refractivity contribution is -0.274. The minimum Gasteiger partial charge on any atom is -0.481 e. The number of rotatable bonds is 4. The van der Waals surface area contributed by atoms with Crippen LogP contribution in [-0.4, -0.2) is 53.8 Å². The molecule has 4 rings (SSSR count). The van der Waals surface area contributed by atoms with Crippen LogP contribution in [0.3, 0.4) is 0 Å². The smallest absolute Gasteiger partial charge is 0.481 e. The van der Waals surface area contributed by atoms with Crippen LogP contribution in [0.1, 0.15) is 32.3 Å². The third kappa shape index (κ3) is 4.11. The quantitative estimate of drug-likeness (QED) is 0.779. The number of fused-ring (bicyclic) bond motifs is 1. The number of piperazine rings is 1. The minimum absolute atomic E-state index is 0.0130. The molecule has 1 saturated carbocycles. The van der Waals surface area contributed by atoms with E-state index in [9.17, 15) is 18.0 Å². The summed E-state index contributed by atoms with van der Waals surface area (Å²) in [5.74, 6) is 0.849. The van der Waals surface area contributed by atoms with E-state index in [1.807, 2.05) is 13.8 Å². The van der Waals surface area contributed by atoms with Gasteiger partial charge in [-0.2, -0.15) is 0 Å². The van der Waals surface area contributed by atoms with E-state index in [1.165, 1.54) is 31.0 Å². The molecule has 3 aliphatic rings. The van der Waals surface area contributed by atoms with Crippen molar-refractivity contribution >= 4 is 12.0 Å². The number of benzene rings is 1. The zero-order valence-electron chi connectivity index (χ0n) is 15.9. The van der Waals surface area contributed by atoms with E-state index in [0.717, 1.165) is 13.1 Å². The summed E-state index contributed by atoms with van der Waals surface area (Å²) in [5, 5.41) is 0. The SMILES string of the molecule is CC1(C)Oc2ccc(OC(F)(F)F)cc2C=C1N1CCN(CC2CC2)CC1=O. The molecule has 5 nitrogen and oxygen atoms in total. The summed E-state index contributed by atoms with van der Waals surface area (Å²) in [6.07, 6.45) is -0.557. The van der Waals surface area contributed by atoms with E-state index in [1.54, 1.807) is 11.0 Å². The van der Waals surface area contributed by atoms with Crippen LogP contribution in [0.15, 0.2) is 23.9 Å². The summed E-state index contributed by atoms with van der Waals surface area (Å²) in [5.41, 5.74) is 0.345. The van der Waals surface area contributed by atoms with Crippen molar-refractivity contribution in [1.82, 2.24) is 9.80 Å². The van der Waals surface area contributed by atoms with Gasteiger partial charge in [-0.1, -0.05) is 0 Å². The molecular formula is C20H23F3N2O3. The van der Waals surface area contributed by atoms with Crippen LogP contribution in [0.2, 0.25) is 0 Å². The van der Waals surface area contributed by atoms with Crippen LogP contribution >= 0.6 is 0 Å². The molecule has 2 fully saturated rings. The highest BCUT2D eigenvalue weighted by molar-refractivity contribution is 5.83. The number of amides is 1. The summed E-state index contributed by atoms with van der Waals surface area (Å²) in [6.45, 7) is 6.34. The van der Waals surface area contributed by atoms with Crippen molar-refractivity contribution in [1.29, 1.82) is 0 Å². The van der Waals surface area contributed by atoms with Gasteiger partial charge in [-0.3, -0.25) is 9.69 Å². The van der Waals surface area contributed by atoms with Gasteiger partial charge in [0.05, 0.1) is 12.2 Å². The van der Waals surface area contributed by atoms with E-state index in [2.05, 4.69) is 9.64 Å². The first-order chi connectivity index (χ1) is 13.1. The molecule has 2 heterocycles. The molecule has 0 aromatic heterocycles. The van der Waals surface area contributed by atoms with E-state index >= 15 is 0 Å². The Labute approximate surface area is 161 Å². The monoisotopic (exact) mass is 396 g/mol. The second kappa shape index (κ2) is 6.69. The molecule has 1 aromatic rings. The number of nitrogens with zero attached hydrogens (tertiary/aromatic N) is 2. The third-order valence-corrected chi connectivity index (χ3v) is 5.29. The molecule has 152 valence electrons. The Bertz CT molecular complexity index is 815. The van der Waals surface area contributed by atoms with Crippen LogP contribution < -0.4 is 9.47 Å². The molecule has 1 aliphatic carbocycles. The van der Waals surface area contributed by atoms with E-state index < -0.39 is 12.0 Å². The van der Waals surface area contributed by atoms with Gasteiger partial charge in [0.15, 0.2) is 0 Å². The Morgan fingerprint density at radius 3 is 2.64 bits per heavy atom. The number of carbonyl (C=O) groups is 1. The maximum atomic E-state index is 12.8. The van der Waals surface area contributed by atoms with Crippen molar-refractivity contribution in [3.63, 3.8) is 0 Å². The topological polar surface area (TPSA) is 42.0 Å². The van der Waals surface area contributed by atoms with Gasteiger partial charge in [-0.15, -0.1) is 13.2 Å². The van der Waals surface area contributed by atoms with Crippen molar-refractivity contribution in [3.8, 4) is 11.5 Å². The maximum Gasteiger partial charge on any atom is 0.573 e. The van der Waals surface area contributed by atoms with Crippen molar-refractivity contribution in [2.24, 2.45) is 5.92 Å². The molecule has 0 spiro atoms. The zero-order chi connectivity index (χ0) is 20.1. The fraction of sp³-hybridized carbons (Fsp3) is 0.550. The van der Waals surface area contributed by atoms with Gasteiger partial charge >= 0.3 is 6.36 Å². The summed E-state index contributed by atoms with van der Waals surface area (Å²) in [4.78, 5) is 16.7. The normalized spacial score (nSPS) is 22.4. The molecule has 28 heavy (non-hydrogen) atoms. The van der Waals surface area contributed by atoms with Crippen molar-refractivity contribution in [2.45, 2.75) is 38.7 Å². The Hall–Kier alpha value is -2.22. The molecule has 2 aliphatic heterocycles. The largest absolute Gasteiger partial charge is 0.573 e. The predicted octanol–water partition coefficient (Wildman–Crippen LogP) is 3.65. The highest BCUT2D eigenvalue weighted by Crippen LogP contribution is 2.40. The average molecular weight is 396 g/mol. The van der Waals surface area contributed by atoms with Gasteiger partial charge in [0.1, 0.15) is 17.1 Å². The number of halogens is 3. The molecular weight excluding hydrogens is 373 g/mol. The fourth-order valence-corrected chi connectivity index (χ4v) is 3.78. The van der Waals surface area contributed by atoms with E-state index in [-0.39, 0.29) is 11.7 Å². The molecule has 0 atom stereocenters. The Morgan fingerprint density at radius 2 is 2.00 bits per heavy atom. The molecule has 1 aromatic carbocycles. The van der Waals surface area contributed by atoms with Crippen molar-refractivity contribution in [3.05, 3.63) is 29.5 Å². The number of hydrogen-bond acceptors (Lipinski definition) is 4. The van der Waals surface area contributed by atoms with E-state index in [4.69, 9.17) is 4.74 Å². The summed E-state index contributed by atoms with van der Waals surface area (Å²) >= 11 is 0. The zero-order valence-corrected chi connectivity index (χ0v) is 15.9. The summed E-state index contributed by atoms with van der Waals surface area (Å²) in [6, 6.07) is 3.97. The lowest BCUT2D eigenvalue weighted by Gasteiger charge is -2.43. The Balaban J connectivity index is 1.57. The standard InChI is InChI=1S/C20H23F3N2O3/c1-19(2)17(25-8-7-24(12-18(25)26)11-13-3-4-13)10-14-9-15(27-20(21,22)23)5-6-16(14)28-19/h5-6,9-10,13H,3-4,7-8,11-12H2,1-2H3. The molecule has 1 amide bonds. The first-order valence-corrected chi connectivity index (χ1v) is 9.44. The molecule has 0 radical (unpaired) electrons. The third-order valence-electron chi connectivity index (χ3n) is 5.29. The minimum atomic E-state index is -4.76. The fourth-order valence-electron chi connectivity index (χ4n) is 3.78. The highest BCUT2D eigenvalue weighted by atomic mass is 19.4. The van der Waals surface area contributed by atoms with E-state index in [0.29, 0.717) is 36.0 Å². The highest BCUT2D eigenvalue weighted by Gasteiger charge is 2.39. The average Bonchev–Trinajstić information content (AvgIpc) is 3.37. The number of ether oxygens (including phenoxy) is 2. The summed E-state index contributed by atoms with van der Waals surface area (Å²) in [7, 11) is 0. The predicted molar refractivity (Wildman–Crippen MR) is 96.7 cm³/mol. The lowest BCUT2D eigenvalue weighted by atomic mass is 9.96. The van der Waals surface area contributed by atoms with Gasteiger partial charge in [-0.25, -0.2) is 0 Å². The van der Waals surface area contributed by atoms with Gasteiger partial charge < -0.3 is 14.4 Å².